The average Bonchev–Trinajstić information content (AvgIpc) is 3.09. The lowest BCUT2D eigenvalue weighted by molar-refractivity contribution is 0.0919. The fourth-order valence-corrected chi connectivity index (χ4v) is 2.91. The van der Waals surface area contributed by atoms with Crippen molar-refractivity contribution in [2.24, 2.45) is 7.05 Å². The van der Waals surface area contributed by atoms with Crippen molar-refractivity contribution in [1.82, 2.24) is 24.9 Å². The van der Waals surface area contributed by atoms with Gasteiger partial charge in [0, 0.05) is 23.7 Å². The maximum Gasteiger partial charge on any atom is 0.284 e. The molecule has 0 spiro atoms. The summed E-state index contributed by atoms with van der Waals surface area (Å²) in [7, 11) is 1.72. The molecule has 2 heterocycles. The molecule has 9 heteroatoms. The second kappa shape index (κ2) is 7.95. The third-order valence-electron chi connectivity index (χ3n) is 4.27. The minimum absolute atomic E-state index is 0.0379. The predicted molar refractivity (Wildman–Crippen MR) is 106 cm³/mol. The van der Waals surface area contributed by atoms with Crippen LogP contribution >= 0.6 is 11.6 Å². The second-order valence-corrected chi connectivity index (χ2v) is 6.94. The van der Waals surface area contributed by atoms with Crippen LogP contribution in [0.5, 0.6) is 0 Å². The number of nitrogens with zero attached hydrogens (tertiary/aromatic N) is 4. The first kappa shape index (κ1) is 19.8. The maximum atomic E-state index is 13.1. The zero-order valence-electron chi connectivity index (χ0n) is 15.7. The number of amides is 1. The van der Waals surface area contributed by atoms with Crippen LogP contribution in [0.25, 0.3) is 16.9 Å². The molecule has 8 nitrogen and oxygen atoms in total. The van der Waals surface area contributed by atoms with Gasteiger partial charge in [-0.1, -0.05) is 23.7 Å². The minimum atomic E-state index is -0.570. The Kier molecular flexibility index (Phi) is 5.62. The van der Waals surface area contributed by atoms with E-state index < -0.39 is 17.5 Å². The Labute approximate surface area is 166 Å². The molecule has 0 saturated carbocycles. The quantitative estimate of drug-likeness (QED) is 0.677. The molecule has 0 aliphatic rings. The van der Waals surface area contributed by atoms with Crippen LogP contribution in [0.3, 0.4) is 0 Å². The molecule has 1 unspecified atom stereocenters. The van der Waals surface area contributed by atoms with Crippen LogP contribution < -0.4 is 10.9 Å². The third-order valence-corrected chi connectivity index (χ3v) is 4.52. The highest BCUT2D eigenvalue weighted by Gasteiger charge is 2.23. The van der Waals surface area contributed by atoms with Crippen molar-refractivity contribution >= 4 is 17.5 Å². The third kappa shape index (κ3) is 3.83. The molecule has 0 bridgehead atoms. The molecular weight excluding hydrogens is 382 g/mol. The van der Waals surface area contributed by atoms with Gasteiger partial charge in [-0.15, -0.1) is 0 Å². The number of hydrogen-bond donors (Lipinski definition) is 2. The van der Waals surface area contributed by atoms with Gasteiger partial charge in [-0.25, -0.2) is 0 Å². The molecule has 0 fully saturated rings. The number of hydrogen-bond acceptors (Lipinski definition) is 5. The van der Waals surface area contributed by atoms with E-state index in [-0.39, 0.29) is 12.2 Å². The highest BCUT2D eigenvalue weighted by Crippen LogP contribution is 2.24. The molecule has 3 rings (SSSR count). The van der Waals surface area contributed by atoms with Crippen LogP contribution in [0.4, 0.5) is 0 Å². The Hall–Kier alpha value is -2.97. The fourth-order valence-electron chi connectivity index (χ4n) is 2.79. The lowest BCUT2D eigenvalue weighted by atomic mass is 10.0. The van der Waals surface area contributed by atoms with Gasteiger partial charge in [0.15, 0.2) is 0 Å². The second-order valence-electron chi connectivity index (χ2n) is 6.50. The normalized spacial score (nSPS) is 12.0. The number of aromatic nitrogens is 4. The number of rotatable bonds is 5. The molecule has 1 atom stereocenters. The van der Waals surface area contributed by atoms with Crippen LogP contribution in [-0.4, -0.2) is 43.2 Å². The van der Waals surface area contributed by atoms with Gasteiger partial charge in [0.1, 0.15) is 11.3 Å². The Morgan fingerprint density at radius 1 is 1.32 bits per heavy atom. The highest BCUT2D eigenvalue weighted by molar-refractivity contribution is 6.30. The van der Waals surface area contributed by atoms with Gasteiger partial charge in [-0.05, 0) is 31.5 Å². The fraction of sp³-hybridized carbons (Fsp3) is 0.263. The summed E-state index contributed by atoms with van der Waals surface area (Å²) in [6.07, 6.45) is 3.13. The summed E-state index contributed by atoms with van der Waals surface area (Å²) in [5.74, 6) is -0.570. The van der Waals surface area contributed by atoms with Crippen molar-refractivity contribution in [3.8, 4) is 16.9 Å². The molecule has 146 valence electrons. The zero-order chi connectivity index (χ0) is 20.4. The van der Waals surface area contributed by atoms with Crippen molar-refractivity contribution in [3.05, 3.63) is 63.2 Å². The molecule has 1 aromatic carbocycles. The summed E-state index contributed by atoms with van der Waals surface area (Å²) in [4.78, 5) is 25.8. The average molecular weight is 402 g/mol. The van der Waals surface area contributed by atoms with E-state index in [1.807, 2.05) is 0 Å². The predicted octanol–water partition coefficient (Wildman–Crippen LogP) is 1.71. The number of nitrogens with one attached hydrogen (secondary N) is 1. The number of carbonyl (C=O) groups excluding carboxylic acids is 1. The standard InChI is InChI=1S/C19H20ClN5O3/c1-11(10-26)22-18(27)16-12(2)17(13-4-6-14(20)7-5-13)23-25(19(16)28)15-8-21-24(3)9-15/h4-9,11,26H,10H2,1-3H3,(H,22,27). The van der Waals surface area contributed by atoms with E-state index in [2.05, 4.69) is 15.5 Å². The van der Waals surface area contributed by atoms with Gasteiger partial charge < -0.3 is 10.4 Å². The van der Waals surface area contributed by atoms with Gasteiger partial charge in [0.2, 0.25) is 0 Å². The van der Waals surface area contributed by atoms with Gasteiger partial charge in [-0.2, -0.15) is 14.9 Å². The van der Waals surface area contributed by atoms with Crippen molar-refractivity contribution in [1.29, 1.82) is 0 Å². The number of benzene rings is 1. The van der Waals surface area contributed by atoms with Crippen LogP contribution in [0.2, 0.25) is 5.02 Å². The lowest BCUT2D eigenvalue weighted by Gasteiger charge is -2.16. The summed E-state index contributed by atoms with van der Waals surface area (Å²) in [6, 6.07) is 6.47. The Morgan fingerprint density at radius 3 is 2.57 bits per heavy atom. The zero-order valence-corrected chi connectivity index (χ0v) is 16.4. The van der Waals surface area contributed by atoms with Crippen molar-refractivity contribution in [3.63, 3.8) is 0 Å². The first-order chi connectivity index (χ1) is 13.3. The smallest absolute Gasteiger partial charge is 0.284 e. The monoisotopic (exact) mass is 401 g/mol. The number of carbonyl (C=O) groups is 1. The molecular formula is C19H20ClN5O3. The summed E-state index contributed by atoms with van der Waals surface area (Å²) in [5.41, 5.74) is 1.46. The van der Waals surface area contributed by atoms with Gasteiger partial charge >= 0.3 is 0 Å². The van der Waals surface area contributed by atoms with E-state index in [0.717, 1.165) is 4.68 Å². The molecule has 0 aliphatic carbocycles. The minimum Gasteiger partial charge on any atom is -0.394 e. The first-order valence-corrected chi connectivity index (χ1v) is 9.00. The Morgan fingerprint density at radius 2 is 2.00 bits per heavy atom. The van der Waals surface area contributed by atoms with E-state index in [9.17, 15) is 14.7 Å². The van der Waals surface area contributed by atoms with Crippen LogP contribution in [-0.2, 0) is 7.05 Å². The van der Waals surface area contributed by atoms with E-state index in [4.69, 9.17) is 11.6 Å². The van der Waals surface area contributed by atoms with Gasteiger partial charge in [0.05, 0.1) is 24.7 Å². The number of aryl methyl sites for hydroxylation is 1. The van der Waals surface area contributed by atoms with Crippen molar-refractivity contribution < 1.29 is 9.90 Å². The highest BCUT2D eigenvalue weighted by atomic mass is 35.5. The van der Waals surface area contributed by atoms with Crippen LogP contribution in [0.1, 0.15) is 22.8 Å². The molecule has 1 amide bonds. The van der Waals surface area contributed by atoms with Crippen molar-refractivity contribution in [2.75, 3.05) is 6.61 Å². The van der Waals surface area contributed by atoms with E-state index >= 15 is 0 Å². The SMILES string of the molecule is Cc1c(-c2ccc(Cl)cc2)nn(-c2cnn(C)c2)c(=O)c1C(=O)NC(C)CO. The lowest BCUT2D eigenvalue weighted by Crippen LogP contribution is -2.40. The van der Waals surface area contributed by atoms with Gasteiger partial charge in [-0.3, -0.25) is 14.3 Å². The molecule has 0 radical (unpaired) electrons. The molecule has 3 aromatic rings. The number of aliphatic hydroxyl groups excluding tert-OH is 1. The first-order valence-electron chi connectivity index (χ1n) is 8.62. The summed E-state index contributed by atoms with van der Waals surface area (Å²) in [6.45, 7) is 3.08. The molecule has 0 saturated heterocycles. The van der Waals surface area contributed by atoms with Gasteiger partial charge in [0.25, 0.3) is 11.5 Å². The maximum absolute atomic E-state index is 13.1. The summed E-state index contributed by atoms with van der Waals surface area (Å²) in [5, 5.41) is 21.0. The molecule has 2 N–H and O–H groups in total. The van der Waals surface area contributed by atoms with E-state index in [0.29, 0.717) is 27.5 Å². The number of aliphatic hydroxyl groups is 1. The number of halogens is 1. The molecule has 2 aromatic heterocycles. The van der Waals surface area contributed by atoms with E-state index in [1.165, 1.54) is 6.20 Å². The summed E-state index contributed by atoms with van der Waals surface area (Å²) >= 11 is 5.97. The van der Waals surface area contributed by atoms with Crippen molar-refractivity contribution in [2.45, 2.75) is 19.9 Å². The Balaban J connectivity index is 2.25. The van der Waals surface area contributed by atoms with E-state index in [1.54, 1.807) is 56.0 Å². The molecule has 0 aliphatic heterocycles. The Bertz CT molecular complexity index is 1070. The topological polar surface area (TPSA) is 102 Å². The van der Waals surface area contributed by atoms with Crippen LogP contribution in [0.15, 0.2) is 41.5 Å². The molecule has 28 heavy (non-hydrogen) atoms. The summed E-state index contributed by atoms with van der Waals surface area (Å²) < 4.78 is 2.70. The van der Waals surface area contributed by atoms with Crippen LogP contribution in [0, 0.1) is 6.92 Å². The largest absolute Gasteiger partial charge is 0.394 e.